The van der Waals surface area contributed by atoms with Crippen LogP contribution in [-0.4, -0.2) is 48.2 Å². The van der Waals surface area contributed by atoms with Crippen molar-refractivity contribution >= 4 is 11.6 Å². The highest BCUT2D eigenvalue weighted by Gasteiger charge is 2.37. The number of ether oxygens (including phenoxy) is 2. The molecule has 0 aliphatic carbocycles. The van der Waals surface area contributed by atoms with Gasteiger partial charge in [-0.05, 0) is 43.4 Å². The lowest BCUT2D eigenvalue weighted by atomic mass is 9.90. The zero-order valence-corrected chi connectivity index (χ0v) is 20.7. The highest BCUT2D eigenvalue weighted by atomic mass is 19.4. The number of halogens is 6. The van der Waals surface area contributed by atoms with Crippen LogP contribution in [0.5, 0.6) is 5.88 Å². The molecule has 1 atom stereocenters. The van der Waals surface area contributed by atoms with Gasteiger partial charge in [0.25, 0.3) is 0 Å². The standard InChI is InChI=1S/C26H29F6N3O3/c27-25(28,29)19-8-6-17(7-9-19)3-1-5-21(36)18-4-2-12-35(16-18)22-15-23(34-24(33-22)26(30,31)32)38-20-10-13-37-14-11-20/h6-9,15,18,20H,1-5,10-14,16H2/t18-/m1/s1. The van der Waals surface area contributed by atoms with Crippen LogP contribution in [0.4, 0.5) is 32.2 Å². The first kappa shape index (κ1) is 28.1. The summed E-state index contributed by atoms with van der Waals surface area (Å²) in [5, 5.41) is 0. The number of ketones is 1. The monoisotopic (exact) mass is 545 g/mol. The Hall–Kier alpha value is -2.89. The Kier molecular flexibility index (Phi) is 8.79. The van der Waals surface area contributed by atoms with E-state index in [1.807, 2.05) is 0 Å². The van der Waals surface area contributed by atoms with Crippen molar-refractivity contribution in [2.75, 3.05) is 31.2 Å². The van der Waals surface area contributed by atoms with E-state index in [1.54, 1.807) is 4.90 Å². The van der Waals surface area contributed by atoms with E-state index in [-0.39, 0.29) is 42.5 Å². The second-order valence-electron chi connectivity index (χ2n) is 9.62. The Morgan fingerprint density at radius 1 is 1.00 bits per heavy atom. The molecule has 0 radical (unpaired) electrons. The maximum absolute atomic E-state index is 13.5. The molecule has 2 aliphatic rings. The van der Waals surface area contributed by atoms with E-state index in [9.17, 15) is 31.1 Å². The number of benzene rings is 1. The van der Waals surface area contributed by atoms with Crippen LogP contribution in [0.25, 0.3) is 0 Å². The van der Waals surface area contributed by atoms with Gasteiger partial charge in [-0.1, -0.05) is 12.1 Å². The molecule has 1 aromatic heterocycles. The van der Waals surface area contributed by atoms with E-state index < -0.39 is 23.7 Å². The average molecular weight is 546 g/mol. The first-order valence-corrected chi connectivity index (χ1v) is 12.6. The molecule has 38 heavy (non-hydrogen) atoms. The van der Waals surface area contributed by atoms with E-state index in [0.717, 1.165) is 12.1 Å². The summed E-state index contributed by atoms with van der Waals surface area (Å²) < 4.78 is 89.7. The van der Waals surface area contributed by atoms with Gasteiger partial charge >= 0.3 is 12.4 Å². The zero-order valence-electron chi connectivity index (χ0n) is 20.7. The summed E-state index contributed by atoms with van der Waals surface area (Å²) in [6, 6.07) is 6.24. The minimum atomic E-state index is -4.76. The van der Waals surface area contributed by atoms with Crippen molar-refractivity contribution in [1.29, 1.82) is 0 Å². The van der Waals surface area contributed by atoms with Crippen LogP contribution in [0.3, 0.4) is 0 Å². The number of hydrogen-bond donors (Lipinski definition) is 0. The van der Waals surface area contributed by atoms with Gasteiger partial charge in [-0.15, -0.1) is 0 Å². The summed E-state index contributed by atoms with van der Waals surface area (Å²) in [6.45, 7) is 1.59. The largest absolute Gasteiger partial charge is 0.474 e. The second-order valence-corrected chi connectivity index (χ2v) is 9.62. The van der Waals surface area contributed by atoms with Gasteiger partial charge in [0.15, 0.2) is 0 Å². The zero-order chi connectivity index (χ0) is 27.3. The Morgan fingerprint density at radius 2 is 1.71 bits per heavy atom. The van der Waals surface area contributed by atoms with Crippen molar-refractivity contribution in [3.63, 3.8) is 0 Å². The van der Waals surface area contributed by atoms with Crippen LogP contribution in [0.15, 0.2) is 30.3 Å². The molecular formula is C26H29F6N3O3. The van der Waals surface area contributed by atoms with Gasteiger partial charge in [0.1, 0.15) is 17.7 Å². The normalized spacial score (nSPS) is 19.4. The van der Waals surface area contributed by atoms with Crippen molar-refractivity contribution in [3.8, 4) is 5.88 Å². The molecule has 0 spiro atoms. The number of anilines is 1. The molecule has 0 N–H and O–H groups in total. The number of rotatable bonds is 8. The number of nitrogens with zero attached hydrogens (tertiary/aromatic N) is 3. The molecule has 2 aromatic rings. The minimum Gasteiger partial charge on any atom is -0.474 e. The number of hydrogen-bond acceptors (Lipinski definition) is 6. The van der Waals surface area contributed by atoms with Gasteiger partial charge in [-0.2, -0.15) is 31.3 Å². The molecule has 0 bridgehead atoms. The van der Waals surface area contributed by atoms with Gasteiger partial charge < -0.3 is 14.4 Å². The van der Waals surface area contributed by atoms with Crippen molar-refractivity contribution in [3.05, 3.63) is 47.3 Å². The molecular weight excluding hydrogens is 516 g/mol. The first-order chi connectivity index (χ1) is 18.0. The molecule has 3 heterocycles. The molecule has 0 unspecified atom stereocenters. The van der Waals surface area contributed by atoms with Gasteiger partial charge in [-0.3, -0.25) is 4.79 Å². The highest BCUT2D eigenvalue weighted by molar-refractivity contribution is 5.81. The molecule has 208 valence electrons. The van der Waals surface area contributed by atoms with Crippen molar-refractivity contribution < 1.29 is 40.6 Å². The van der Waals surface area contributed by atoms with Crippen molar-refractivity contribution in [1.82, 2.24) is 9.97 Å². The first-order valence-electron chi connectivity index (χ1n) is 12.6. The van der Waals surface area contributed by atoms with E-state index in [1.165, 1.54) is 18.2 Å². The number of carbonyl (C=O) groups is 1. The average Bonchev–Trinajstić information content (AvgIpc) is 2.88. The van der Waals surface area contributed by atoms with Gasteiger partial charge in [0, 0.05) is 44.3 Å². The summed E-state index contributed by atoms with van der Waals surface area (Å²) in [4.78, 5) is 21.9. The van der Waals surface area contributed by atoms with E-state index in [4.69, 9.17) is 9.47 Å². The lowest BCUT2D eigenvalue weighted by molar-refractivity contribution is -0.145. The number of aryl methyl sites for hydroxylation is 1. The molecule has 2 saturated heterocycles. The van der Waals surface area contributed by atoms with E-state index in [0.29, 0.717) is 63.8 Å². The summed E-state index contributed by atoms with van der Waals surface area (Å²) in [6.07, 6.45) is -5.99. The summed E-state index contributed by atoms with van der Waals surface area (Å²) in [5.41, 5.74) is -0.0202. The summed E-state index contributed by atoms with van der Waals surface area (Å²) in [7, 11) is 0. The van der Waals surface area contributed by atoms with Gasteiger partial charge in [-0.25, -0.2) is 4.98 Å². The van der Waals surface area contributed by atoms with Crippen LogP contribution in [0.1, 0.15) is 55.5 Å². The number of Topliss-reactive ketones (excluding diaryl/α,β-unsaturated/α-hetero) is 1. The highest BCUT2D eigenvalue weighted by Crippen LogP contribution is 2.33. The lowest BCUT2D eigenvalue weighted by Crippen LogP contribution is -2.39. The summed E-state index contributed by atoms with van der Waals surface area (Å²) >= 11 is 0. The summed E-state index contributed by atoms with van der Waals surface area (Å²) in [5.74, 6) is -1.77. The maximum atomic E-state index is 13.5. The number of alkyl halides is 6. The Balaban J connectivity index is 1.37. The predicted molar refractivity (Wildman–Crippen MR) is 126 cm³/mol. The van der Waals surface area contributed by atoms with Crippen LogP contribution < -0.4 is 9.64 Å². The van der Waals surface area contributed by atoms with Crippen LogP contribution in [-0.2, 0) is 28.3 Å². The van der Waals surface area contributed by atoms with Gasteiger partial charge in [0.2, 0.25) is 11.7 Å². The molecule has 1 aromatic carbocycles. The Morgan fingerprint density at radius 3 is 2.37 bits per heavy atom. The fraction of sp³-hybridized carbons (Fsp3) is 0.577. The smallest absolute Gasteiger partial charge is 0.451 e. The van der Waals surface area contributed by atoms with Crippen LogP contribution >= 0.6 is 0 Å². The van der Waals surface area contributed by atoms with E-state index >= 15 is 0 Å². The van der Waals surface area contributed by atoms with Crippen molar-refractivity contribution in [2.24, 2.45) is 5.92 Å². The second kappa shape index (κ2) is 11.9. The third-order valence-electron chi connectivity index (χ3n) is 6.77. The molecule has 6 nitrogen and oxygen atoms in total. The fourth-order valence-electron chi connectivity index (χ4n) is 4.71. The third kappa shape index (κ3) is 7.58. The molecule has 4 rings (SSSR count). The molecule has 2 fully saturated rings. The van der Waals surface area contributed by atoms with Crippen LogP contribution in [0, 0.1) is 5.92 Å². The third-order valence-corrected chi connectivity index (χ3v) is 6.77. The Labute approximate surface area is 216 Å². The maximum Gasteiger partial charge on any atom is 0.451 e. The molecule has 0 saturated carbocycles. The quantitative estimate of drug-likeness (QED) is 0.386. The molecule has 12 heteroatoms. The Bertz CT molecular complexity index is 1090. The predicted octanol–water partition coefficient (Wildman–Crippen LogP) is 5.88. The van der Waals surface area contributed by atoms with Crippen LogP contribution in [0.2, 0.25) is 0 Å². The van der Waals surface area contributed by atoms with Crippen molar-refractivity contribution in [2.45, 2.75) is 63.4 Å². The lowest BCUT2D eigenvalue weighted by Gasteiger charge is -2.33. The molecule has 0 amide bonds. The number of piperidine rings is 1. The molecule has 2 aliphatic heterocycles. The van der Waals surface area contributed by atoms with Gasteiger partial charge in [0.05, 0.1) is 18.8 Å². The topological polar surface area (TPSA) is 64.6 Å². The van der Waals surface area contributed by atoms with E-state index in [2.05, 4.69) is 9.97 Å². The minimum absolute atomic E-state index is 0.0228. The number of aromatic nitrogens is 2. The number of carbonyl (C=O) groups excluding carboxylic acids is 1. The fourth-order valence-corrected chi connectivity index (χ4v) is 4.71. The SMILES string of the molecule is O=C(CCCc1ccc(C(F)(F)F)cc1)[C@@H]1CCCN(c2cc(OC3CCOCC3)nc(C(F)(F)F)n2)C1.